The van der Waals surface area contributed by atoms with E-state index in [0.29, 0.717) is 12.2 Å². The normalized spacial score (nSPS) is 11.0. The van der Waals surface area contributed by atoms with Crippen molar-refractivity contribution in [1.82, 2.24) is 0 Å². The van der Waals surface area contributed by atoms with Crippen LogP contribution < -0.4 is 0 Å². The Balaban J connectivity index is 3.65. The minimum absolute atomic E-state index is 0.273. The molecule has 0 amide bonds. The van der Waals surface area contributed by atoms with E-state index in [-0.39, 0.29) is 6.61 Å². The van der Waals surface area contributed by atoms with Crippen LogP contribution in [0.2, 0.25) is 0 Å². The molecule has 27 heavy (non-hydrogen) atoms. The number of carbonyl (C=O) groups excluding carboxylic acids is 3. The maximum atomic E-state index is 11.4. The van der Waals surface area contributed by atoms with Crippen molar-refractivity contribution in [1.29, 1.82) is 0 Å². The third-order valence-corrected chi connectivity index (χ3v) is 3.66. The molecule has 152 valence electrons. The van der Waals surface area contributed by atoms with Gasteiger partial charge in [0.15, 0.2) is 0 Å². The molecule has 0 atom stereocenters. The number of carboxylic acid groups (broad SMARTS) is 1. The van der Waals surface area contributed by atoms with E-state index in [1.165, 1.54) is 44.9 Å². The Labute approximate surface area is 160 Å². The lowest BCUT2D eigenvalue weighted by atomic mass is 10.1. The Hall–Kier alpha value is -2.44. The number of esters is 3. The van der Waals surface area contributed by atoms with Gasteiger partial charge in [-0.3, -0.25) is 0 Å². The lowest BCUT2D eigenvalue weighted by molar-refractivity contribution is -0.153. The molecule has 0 aromatic carbocycles. The van der Waals surface area contributed by atoms with Crippen LogP contribution >= 0.6 is 0 Å². The monoisotopic (exact) mass is 382 g/mol. The van der Waals surface area contributed by atoms with Crippen LogP contribution in [0.1, 0.15) is 71.1 Å². The summed E-state index contributed by atoms with van der Waals surface area (Å²) >= 11 is 0. The number of unbranched alkanes of at least 4 members (excludes halogenated alkanes) is 9. The highest BCUT2D eigenvalue weighted by Crippen LogP contribution is 2.10. The van der Waals surface area contributed by atoms with E-state index in [0.717, 1.165) is 31.4 Å². The van der Waals surface area contributed by atoms with Crippen LogP contribution in [0, 0.1) is 0 Å². The molecule has 7 nitrogen and oxygen atoms in total. The van der Waals surface area contributed by atoms with Gasteiger partial charge in [0.2, 0.25) is 0 Å². The zero-order chi connectivity index (χ0) is 20.3. The molecular formula is C20H30O7. The highest BCUT2D eigenvalue weighted by Gasteiger charge is 2.06. The molecule has 7 heteroatoms. The van der Waals surface area contributed by atoms with Crippen LogP contribution in [0.5, 0.6) is 0 Å². The molecule has 0 unspecified atom stereocenters. The Kier molecular flexibility index (Phi) is 15.5. The molecule has 0 bridgehead atoms. The predicted octanol–water partition coefficient (Wildman–Crippen LogP) is 3.72. The molecule has 0 aliphatic heterocycles. The maximum absolute atomic E-state index is 11.4. The number of carbonyl (C=O) groups is 4. The molecule has 1 N–H and O–H groups in total. The molecular weight excluding hydrogens is 352 g/mol. The second-order valence-electron chi connectivity index (χ2n) is 6.09. The first-order chi connectivity index (χ1) is 13.0. The Morgan fingerprint density at radius 2 is 1.11 bits per heavy atom. The molecule has 0 spiro atoms. The van der Waals surface area contributed by atoms with Crippen molar-refractivity contribution in [3.8, 4) is 0 Å². The van der Waals surface area contributed by atoms with Crippen molar-refractivity contribution >= 4 is 23.9 Å². The van der Waals surface area contributed by atoms with Gasteiger partial charge in [0.25, 0.3) is 0 Å². The molecule has 0 aliphatic rings. The smallest absolute Gasteiger partial charge is 0.338 e. The number of carboxylic acids is 1. The summed E-state index contributed by atoms with van der Waals surface area (Å²) in [5, 5.41) is 8.32. The molecule has 0 saturated carbocycles. The van der Waals surface area contributed by atoms with Gasteiger partial charge in [0.1, 0.15) is 0 Å². The van der Waals surface area contributed by atoms with Crippen molar-refractivity contribution in [2.75, 3.05) is 6.61 Å². The number of hydrogen-bond donors (Lipinski definition) is 1. The van der Waals surface area contributed by atoms with Gasteiger partial charge < -0.3 is 14.6 Å². The van der Waals surface area contributed by atoms with Gasteiger partial charge in [0, 0.05) is 24.3 Å². The summed E-state index contributed by atoms with van der Waals surface area (Å²) in [6, 6.07) is 0. The van der Waals surface area contributed by atoms with Crippen LogP contribution in [0.4, 0.5) is 0 Å². The van der Waals surface area contributed by atoms with E-state index >= 15 is 0 Å². The SMILES string of the molecule is CCCCCCCCCCCCOC(=O)/C=C\C(=O)OC(=O)/C=C\C(=O)O. The lowest BCUT2D eigenvalue weighted by Crippen LogP contribution is -2.09. The number of rotatable bonds is 15. The van der Waals surface area contributed by atoms with Crippen LogP contribution in [0.25, 0.3) is 0 Å². The number of ether oxygens (including phenoxy) is 2. The Bertz CT molecular complexity index is 520. The van der Waals surface area contributed by atoms with Crippen LogP contribution in [0.15, 0.2) is 24.3 Å². The van der Waals surface area contributed by atoms with Gasteiger partial charge in [-0.15, -0.1) is 0 Å². The van der Waals surface area contributed by atoms with Gasteiger partial charge in [-0.1, -0.05) is 64.7 Å². The lowest BCUT2D eigenvalue weighted by Gasteiger charge is -2.03. The predicted molar refractivity (Wildman–Crippen MR) is 99.8 cm³/mol. The molecule has 0 aromatic rings. The largest absolute Gasteiger partial charge is 0.478 e. The summed E-state index contributed by atoms with van der Waals surface area (Å²) in [7, 11) is 0. The third-order valence-electron chi connectivity index (χ3n) is 3.66. The summed E-state index contributed by atoms with van der Waals surface area (Å²) in [5.74, 6) is -4.25. The molecule has 0 fully saturated rings. The first kappa shape index (κ1) is 24.6. The third kappa shape index (κ3) is 18.2. The van der Waals surface area contributed by atoms with E-state index in [2.05, 4.69) is 11.7 Å². The van der Waals surface area contributed by atoms with E-state index in [4.69, 9.17) is 9.84 Å². The average molecular weight is 382 g/mol. The summed E-state index contributed by atoms with van der Waals surface area (Å²) in [5.41, 5.74) is 0. The molecule has 0 rings (SSSR count). The van der Waals surface area contributed by atoms with Gasteiger partial charge in [-0.05, 0) is 6.42 Å². The topological polar surface area (TPSA) is 107 Å². The van der Waals surface area contributed by atoms with Crippen molar-refractivity contribution in [2.24, 2.45) is 0 Å². The van der Waals surface area contributed by atoms with Crippen molar-refractivity contribution < 1.29 is 33.8 Å². The number of hydrogen-bond acceptors (Lipinski definition) is 6. The molecule has 0 radical (unpaired) electrons. The molecule has 0 saturated heterocycles. The zero-order valence-electron chi connectivity index (χ0n) is 16.0. The molecule has 0 aliphatic carbocycles. The Morgan fingerprint density at radius 3 is 1.63 bits per heavy atom. The second kappa shape index (κ2) is 17.0. The first-order valence-electron chi connectivity index (χ1n) is 9.47. The standard InChI is InChI=1S/C20H30O7/c1-2-3-4-5-6-7-8-9-10-11-16-26-18(23)14-15-20(25)27-19(24)13-12-17(21)22/h12-15H,2-11,16H2,1H3,(H,21,22)/b13-12-,15-14-. The van der Waals surface area contributed by atoms with Crippen LogP contribution in [0.3, 0.4) is 0 Å². The summed E-state index contributed by atoms with van der Waals surface area (Å²) in [4.78, 5) is 43.9. The van der Waals surface area contributed by atoms with Crippen LogP contribution in [-0.4, -0.2) is 35.6 Å². The van der Waals surface area contributed by atoms with E-state index in [9.17, 15) is 19.2 Å². The molecule has 0 heterocycles. The van der Waals surface area contributed by atoms with Crippen LogP contribution in [-0.2, 0) is 28.7 Å². The first-order valence-corrected chi connectivity index (χ1v) is 9.47. The Morgan fingerprint density at radius 1 is 0.667 bits per heavy atom. The average Bonchev–Trinajstić information content (AvgIpc) is 2.62. The number of aliphatic carboxylic acids is 1. The summed E-state index contributed by atoms with van der Waals surface area (Å²) < 4.78 is 9.18. The second-order valence-corrected chi connectivity index (χ2v) is 6.09. The maximum Gasteiger partial charge on any atom is 0.338 e. The fourth-order valence-electron chi connectivity index (χ4n) is 2.25. The van der Waals surface area contributed by atoms with E-state index < -0.39 is 23.9 Å². The minimum atomic E-state index is -1.34. The van der Waals surface area contributed by atoms with E-state index in [1.54, 1.807) is 0 Å². The van der Waals surface area contributed by atoms with Gasteiger partial charge in [0.05, 0.1) is 6.61 Å². The summed E-state index contributed by atoms with van der Waals surface area (Å²) in [6.07, 6.45) is 14.5. The highest BCUT2D eigenvalue weighted by molar-refractivity contribution is 6.00. The van der Waals surface area contributed by atoms with E-state index in [1.807, 2.05) is 0 Å². The van der Waals surface area contributed by atoms with Crippen molar-refractivity contribution in [3.05, 3.63) is 24.3 Å². The molecule has 0 aromatic heterocycles. The fourth-order valence-corrected chi connectivity index (χ4v) is 2.25. The zero-order valence-corrected chi connectivity index (χ0v) is 16.0. The van der Waals surface area contributed by atoms with Crippen molar-refractivity contribution in [2.45, 2.75) is 71.1 Å². The van der Waals surface area contributed by atoms with Gasteiger partial charge in [-0.2, -0.15) is 0 Å². The van der Waals surface area contributed by atoms with Gasteiger partial charge >= 0.3 is 23.9 Å². The quantitative estimate of drug-likeness (QED) is 0.199. The fraction of sp³-hybridized carbons (Fsp3) is 0.600. The van der Waals surface area contributed by atoms with Crippen molar-refractivity contribution in [3.63, 3.8) is 0 Å². The highest BCUT2D eigenvalue weighted by atomic mass is 16.6. The van der Waals surface area contributed by atoms with Gasteiger partial charge in [-0.25, -0.2) is 19.2 Å². The summed E-state index contributed by atoms with van der Waals surface area (Å²) in [6.45, 7) is 2.48. The minimum Gasteiger partial charge on any atom is -0.478 e.